The molecule has 1 fully saturated rings. The molecular weight excluding hydrogens is 202 g/mol. The summed E-state index contributed by atoms with van der Waals surface area (Å²) in [4.78, 5) is 13.9. The number of likely N-dealkylation sites (tertiary alicyclic amines) is 1. The second-order valence-electron chi connectivity index (χ2n) is 4.48. The van der Waals surface area contributed by atoms with Crippen LogP contribution in [0.1, 0.15) is 33.1 Å². The van der Waals surface area contributed by atoms with E-state index >= 15 is 0 Å². The van der Waals surface area contributed by atoms with E-state index in [4.69, 9.17) is 5.26 Å². The first-order valence-electron chi connectivity index (χ1n) is 6.09. The molecule has 0 aromatic rings. The van der Waals surface area contributed by atoms with Gasteiger partial charge in [-0.1, -0.05) is 6.92 Å². The molecule has 0 bridgehead atoms. The SMILES string of the molecule is CCCN1CCC(NC(=O)C(C)C#N)CC1. The van der Waals surface area contributed by atoms with E-state index in [-0.39, 0.29) is 11.9 Å². The highest BCUT2D eigenvalue weighted by Crippen LogP contribution is 2.11. The fourth-order valence-electron chi connectivity index (χ4n) is 2.00. The summed E-state index contributed by atoms with van der Waals surface area (Å²) in [6, 6.07) is 2.22. The van der Waals surface area contributed by atoms with Crippen LogP contribution in [0.15, 0.2) is 0 Å². The standard InChI is InChI=1S/C12H21N3O/c1-3-6-15-7-4-11(5-8-15)14-12(16)10(2)9-13/h10-11H,3-8H2,1-2H3,(H,14,16). The predicted molar refractivity (Wildman–Crippen MR) is 62.7 cm³/mol. The third kappa shape index (κ3) is 3.82. The maximum Gasteiger partial charge on any atom is 0.237 e. The Morgan fingerprint density at radius 2 is 2.19 bits per heavy atom. The van der Waals surface area contributed by atoms with Gasteiger partial charge in [-0.2, -0.15) is 5.26 Å². The van der Waals surface area contributed by atoms with E-state index in [1.807, 2.05) is 6.07 Å². The number of amides is 1. The molecule has 4 nitrogen and oxygen atoms in total. The third-order valence-electron chi connectivity index (χ3n) is 3.06. The van der Waals surface area contributed by atoms with E-state index < -0.39 is 5.92 Å². The number of nitrogens with one attached hydrogen (secondary N) is 1. The average Bonchev–Trinajstić information content (AvgIpc) is 2.31. The Morgan fingerprint density at radius 3 is 2.69 bits per heavy atom. The molecule has 1 unspecified atom stereocenters. The molecule has 1 amide bonds. The van der Waals surface area contributed by atoms with Gasteiger partial charge in [-0.05, 0) is 32.7 Å². The molecule has 0 aliphatic carbocycles. The Labute approximate surface area is 97.6 Å². The Morgan fingerprint density at radius 1 is 1.56 bits per heavy atom. The minimum Gasteiger partial charge on any atom is -0.352 e. The van der Waals surface area contributed by atoms with E-state index in [1.165, 1.54) is 6.42 Å². The van der Waals surface area contributed by atoms with E-state index in [2.05, 4.69) is 17.1 Å². The first-order valence-corrected chi connectivity index (χ1v) is 6.09. The Bertz CT molecular complexity index is 264. The number of piperidine rings is 1. The molecule has 90 valence electrons. The van der Waals surface area contributed by atoms with Gasteiger partial charge in [0.1, 0.15) is 5.92 Å². The van der Waals surface area contributed by atoms with Crippen molar-refractivity contribution in [2.75, 3.05) is 19.6 Å². The highest BCUT2D eigenvalue weighted by atomic mass is 16.1. The normalized spacial score (nSPS) is 20.1. The molecule has 1 aliphatic rings. The zero-order valence-corrected chi connectivity index (χ0v) is 10.2. The van der Waals surface area contributed by atoms with E-state index in [9.17, 15) is 4.79 Å². The van der Waals surface area contributed by atoms with Crippen molar-refractivity contribution in [2.24, 2.45) is 5.92 Å². The largest absolute Gasteiger partial charge is 0.352 e. The quantitative estimate of drug-likeness (QED) is 0.777. The monoisotopic (exact) mass is 223 g/mol. The van der Waals surface area contributed by atoms with Crippen LogP contribution in [-0.4, -0.2) is 36.5 Å². The van der Waals surface area contributed by atoms with Crippen LogP contribution in [0.5, 0.6) is 0 Å². The van der Waals surface area contributed by atoms with Crippen molar-refractivity contribution in [1.82, 2.24) is 10.2 Å². The number of nitrogens with zero attached hydrogens (tertiary/aromatic N) is 2. The van der Waals surface area contributed by atoms with Gasteiger partial charge in [-0.15, -0.1) is 0 Å². The highest BCUT2D eigenvalue weighted by Gasteiger charge is 2.21. The lowest BCUT2D eigenvalue weighted by atomic mass is 10.0. The summed E-state index contributed by atoms with van der Waals surface area (Å²) in [6.07, 6.45) is 3.19. The van der Waals surface area contributed by atoms with E-state index in [1.54, 1.807) is 6.92 Å². The minimum absolute atomic E-state index is 0.128. The zero-order chi connectivity index (χ0) is 12.0. The van der Waals surface area contributed by atoms with Gasteiger partial charge in [-0.3, -0.25) is 4.79 Å². The fraction of sp³-hybridized carbons (Fsp3) is 0.833. The lowest BCUT2D eigenvalue weighted by Crippen LogP contribution is -2.46. The van der Waals surface area contributed by atoms with Crippen LogP contribution in [0.4, 0.5) is 0 Å². The van der Waals surface area contributed by atoms with Gasteiger partial charge < -0.3 is 10.2 Å². The summed E-state index contributed by atoms with van der Waals surface area (Å²) in [6.45, 7) is 7.08. The Hall–Kier alpha value is -1.08. The zero-order valence-electron chi connectivity index (χ0n) is 10.2. The van der Waals surface area contributed by atoms with Crippen molar-refractivity contribution in [3.05, 3.63) is 0 Å². The second-order valence-corrected chi connectivity index (χ2v) is 4.48. The van der Waals surface area contributed by atoms with Crippen molar-refractivity contribution in [2.45, 2.75) is 39.2 Å². The predicted octanol–water partition coefficient (Wildman–Crippen LogP) is 1.14. The van der Waals surface area contributed by atoms with Gasteiger partial charge >= 0.3 is 0 Å². The lowest BCUT2D eigenvalue weighted by Gasteiger charge is -2.32. The number of rotatable bonds is 4. The molecule has 0 radical (unpaired) electrons. The van der Waals surface area contributed by atoms with Crippen LogP contribution in [-0.2, 0) is 4.79 Å². The summed E-state index contributed by atoms with van der Waals surface area (Å²) in [5, 5.41) is 11.6. The van der Waals surface area contributed by atoms with Gasteiger partial charge in [-0.25, -0.2) is 0 Å². The van der Waals surface area contributed by atoms with E-state index in [0.29, 0.717) is 0 Å². The molecule has 1 rings (SSSR count). The first kappa shape index (κ1) is 13.0. The molecule has 0 aromatic heterocycles. The molecule has 0 spiro atoms. The lowest BCUT2D eigenvalue weighted by molar-refractivity contribution is -0.124. The molecule has 1 saturated heterocycles. The molecule has 0 aromatic carbocycles. The number of carbonyl (C=O) groups excluding carboxylic acids is 1. The topological polar surface area (TPSA) is 56.1 Å². The molecule has 1 atom stereocenters. The highest BCUT2D eigenvalue weighted by molar-refractivity contribution is 5.80. The van der Waals surface area contributed by atoms with Gasteiger partial charge in [0, 0.05) is 19.1 Å². The second kappa shape index (κ2) is 6.49. The summed E-state index contributed by atoms with van der Waals surface area (Å²) < 4.78 is 0. The smallest absolute Gasteiger partial charge is 0.237 e. The first-order chi connectivity index (χ1) is 7.67. The number of hydrogen-bond acceptors (Lipinski definition) is 3. The van der Waals surface area contributed by atoms with Crippen LogP contribution >= 0.6 is 0 Å². The number of carbonyl (C=O) groups is 1. The third-order valence-corrected chi connectivity index (χ3v) is 3.06. The molecule has 16 heavy (non-hydrogen) atoms. The minimum atomic E-state index is -0.534. The van der Waals surface area contributed by atoms with Crippen molar-refractivity contribution >= 4 is 5.91 Å². The average molecular weight is 223 g/mol. The van der Waals surface area contributed by atoms with Crippen LogP contribution < -0.4 is 5.32 Å². The van der Waals surface area contributed by atoms with E-state index in [0.717, 1.165) is 32.5 Å². The Kier molecular flexibility index (Phi) is 5.27. The van der Waals surface area contributed by atoms with Crippen molar-refractivity contribution < 1.29 is 4.79 Å². The molecule has 4 heteroatoms. The molecule has 0 saturated carbocycles. The number of hydrogen-bond donors (Lipinski definition) is 1. The molecular formula is C12H21N3O. The van der Waals surface area contributed by atoms with Gasteiger partial charge in [0.05, 0.1) is 6.07 Å². The molecule has 1 heterocycles. The van der Waals surface area contributed by atoms with Crippen molar-refractivity contribution in [3.8, 4) is 6.07 Å². The van der Waals surface area contributed by atoms with Gasteiger partial charge in [0.25, 0.3) is 0 Å². The van der Waals surface area contributed by atoms with Gasteiger partial charge in [0.2, 0.25) is 5.91 Å². The molecule has 1 N–H and O–H groups in total. The maximum atomic E-state index is 11.5. The summed E-state index contributed by atoms with van der Waals surface area (Å²) in [5.41, 5.74) is 0. The number of nitriles is 1. The Balaban J connectivity index is 2.27. The molecule has 1 aliphatic heterocycles. The van der Waals surface area contributed by atoms with Crippen LogP contribution in [0.25, 0.3) is 0 Å². The van der Waals surface area contributed by atoms with Gasteiger partial charge in [0.15, 0.2) is 0 Å². The van der Waals surface area contributed by atoms with Crippen molar-refractivity contribution in [3.63, 3.8) is 0 Å². The fourth-order valence-corrected chi connectivity index (χ4v) is 2.00. The maximum absolute atomic E-state index is 11.5. The summed E-state index contributed by atoms with van der Waals surface area (Å²) in [5.74, 6) is -0.662. The summed E-state index contributed by atoms with van der Waals surface area (Å²) >= 11 is 0. The summed E-state index contributed by atoms with van der Waals surface area (Å²) in [7, 11) is 0. The van der Waals surface area contributed by atoms with Crippen LogP contribution in [0.2, 0.25) is 0 Å². The van der Waals surface area contributed by atoms with Crippen molar-refractivity contribution in [1.29, 1.82) is 5.26 Å². The van der Waals surface area contributed by atoms with Crippen LogP contribution in [0.3, 0.4) is 0 Å². The van der Waals surface area contributed by atoms with Crippen LogP contribution in [0, 0.1) is 17.2 Å².